The highest BCUT2D eigenvalue weighted by molar-refractivity contribution is 7.19. The largest absolute Gasteiger partial charge is 0.309 e. The van der Waals surface area contributed by atoms with Crippen molar-refractivity contribution in [2.75, 3.05) is 0 Å². The van der Waals surface area contributed by atoms with Crippen molar-refractivity contribution in [2.24, 2.45) is 0 Å². The van der Waals surface area contributed by atoms with E-state index in [0.29, 0.717) is 0 Å². The van der Waals surface area contributed by atoms with Crippen LogP contribution in [-0.2, 0) is 0 Å². The third-order valence-electron chi connectivity index (χ3n) is 11.8. The summed E-state index contributed by atoms with van der Waals surface area (Å²) < 4.78 is 4.97. The number of para-hydroxylation sites is 4. The van der Waals surface area contributed by atoms with Crippen molar-refractivity contribution in [3.05, 3.63) is 231 Å². The van der Waals surface area contributed by atoms with Crippen molar-refractivity contribution < 1.29 is 0 Å². The molecular formula is C54H38N2Si. The number of hydrogen-bond acceptors (Lipinski definition) is 0. The zero-order chi connectivity index (χ0) is 37.8. The van der Waals surface area contributed by atoms with E-state index in [-0.39, 0.29) is 0 Å². The van der Waals surface area contributed by atoms with Crippen LogP contribution in [0.1, 0.15) is 0 Å². The van der Waals surface area contributed by atoms with Gasteiger partial charge < -0.3 is 9.13 Å². The van der Waals surface area contributed by atoms with E-state index in [1.807, 2.05) is 0 Å². The molecule has 0 amide bonds. The quantitative estimate of drug-likeness (QED) is 0.114. The normalized spacial score (nSPS) is 11.9. The molecule has 0 fully saturated rings. The van der Waals surface area contributed by atoms with Crippen molar-refractivity contribution in [1.29, 1.82) is 0 Å². The Morgan fingerprint density at radius 1 is 0.298 bits per heavy atom. The summed E-state index contributed by atoms with van der Waals surface area (Å²) in [5, 5.41) is 10.4. The predicted molar refractivity (Wildman–Crippen MR) is 244 cm³/mol. The minimum absolute atomic E-state index is 1.14. The summed E-state index contributed by atoms with van der Waals surface area (Å²) in [4.78, 5) is 0. The predicted octanol–water partition coefficient (Wildman–Crippen LogP) is 10.9. The molecule has 0 atom stereocenters. The molecule has 0 aliphatic heterocycles. The molecule has 11 aromatic rings. The minimum atomic E-state index is -2.79. The first-order valence-corrected chi connectivity index (χ1v) is 21.7. The third-order valence-corrected chi connectivity index (χ3v) is 16.6. The molecule has 0 bridgehead atoms. The molecule has 2 aromatic heterocycles. The van der Waals surface area contributed by atoms with Gasteiger partial charge in [0.25, 0.3) is 0 Å². The van der Waals surface area contributed by atoms with E-state index in [0.717, 1.165) is 11.4 Å². The average molecular weight is 743 g/mol. The molecular weight excluding hydrogens is 705 g/mol. The summed E-state index contributed by atoms with van der Waals surface area (Å²) in [6.45, 7) is 0. The van der Waals surface area contributed by atoms with Gasteiger partial charge in [-0.15, -0.1) is 0 Å². The molecule has 57 heavy (non-hydrogen) atoms. The Bertz CT molecular complexity index is 3110. The number of nitrogens with zero attached hydrogens (tertiary/aromatic N) is 2. The Labute approximate surface area is 333 Å². The fourth-order valence-corrected chi connectivity index (χ4v) is 14.3. The molecule has 0 saturated heterocycles. The highest BCUT2D eigenvalue weighted by Crippen LogP contribution is 2.46. The summed E-state index contributed by atoms with van der Waals surface area (Å²) in [5.74, 6) is 0. The van der Waals surface area contributed by atoms with Gasteiger partial charge in [-0.05, 0) is 68.8 Å². The molecule has 11 rings (SSSR count). The van der Waals surface area contributed by atoms with Crippen molar-refractivity contribution in [3.8, 4) is 22.5 Å². The van der Waals surface area contributed by atoms with Crippen LogP contribution in [-0.4, -0.2) is 17.2 Å². The van der Waals surface area contributed by atoms with E-state index in [9.17, 15) is 0 Å². The first kappa shape index (κ1) is 33.2. The van der Waals surface area contributed by atoms with Crippen molar-refractivity contribution in [3.63, 3.8) is 0 Å². The van der Waals surface area contributed by atoms with Crippen molar-refractivity contribution >= 4 is 72.4 Å². The highest BCUT2D eigenvalue weighted by atomic mass is 28.3. The fourth-order valence-electron chi connectivity index (χ4n) is 9.50. The first-order chi connectivity index (χ1) is 28.3. The summed E-state index contributed by atoms with van der Waals surface area (Å²) in [6, 6.07) is 85.2. The lowest BCUT2D eigenvalue weighted by molar-refractivity contribution is 1.17. The Hall–Kier alpha value is -7.20. The lowest BCUT2D eigenvalue weighted by Crippen LogP contribution is -2.74. The zero-order valence-corrected chi connectivity index (χ0v) is 32.3. The van der Waals surface area contributed by atoms with Gasteiger partial charge in [-0.3, -0.25) is 0 Å². The van der Waals surface area contributed by atoms with Gasteiger partial charge in [0, 0.05) is 38.5 Å². The molecule has 2 nitrogen and oxygen atoms in total. The van der Waals surface area contributed by atoms with E-state index < -0.39 is 8.07 Å². The average Bonchev–Trinajstić information content (AvgIpc) is 3.81. The Kier molecular flexibility index (Phi) is 7.87. The summed E-state index contributed by atoms with van der Waals surface area (Å²) in [7, 11) is -2.79. The van der Waals surface area contributed by atoms with Crippen LogP contribution in [0.5, 0.6) is 0 Å². The lowest BCUT2D eigenvalue weighted by Gasteiger charge is -2.34. The number of hydrogen-bond donors (Lipinski definition) is 0. The number of aromatic nitrogens is 2. The Morgan fingerprint density at radius 3 is 1.26 bits per heavy atom. The van der Waals surface area contributed by atoms with Gasteiger partial charge in [0.1, 0.15) is 0 Å². The van der Waals surface area contributed by atoms with Gasteiger partial charge in [0.2, 0.25) is 0 Å². The minimum Gasteiger partial charge on any atom is -0.309 e. The third kappa shape index (κ3) is 5.10. The molecule has 0 saturated carbocycles. The van der Waals surface area contributed by atoms with E-state index in [1.165, 1.54) is 75.5 Å². The van der Waals surface area contributed by atoms with Gasteiger partial charge in [-0.25, -0.2) is 0 Å². The topological polar surface area (TPSA) is 9.86 Å². The molecule has 0 N–H and O–H groups in total. The van der Waals surface area contributed by atoms with Crippen LogP contribution in [0, 0.1) is 0 Å². The van der Waals surface area contributed by atoms with Gasteiger partial charge in [-0.2, -0.15) is 0 Å². The zero-order valence-electron chi connectivity index (χ0n) is 31.3. The van der Waals surface area contributed by atoms with Crippen LogP contribution < -0.4 is 20.7 Å². The molecule has 0 unspecified atom stereocenters. The molecule has 0 aliphatic carbocycles. The van der Waals surface area contributed by atoms with Gasteiger partial charge in [-0.1, -0.05) is 188 Å². The monoisotopic (exact) mass is 742 g/mol. The highest BCUT2D eigenvalue weighted by Gasteiger charge is 2.41. The molecule has 0 spiro atoms. The van der Waals surface area contributed by atoms with Crippen LogP contribution >= 0.6 is 0 Å². The summed E-state index contributed by atoms with van der Waals surface area (Å²) in [6.07, 6.45) is 0. The van der Waals surface area contributed by atoms with Gasteiger partial charge >= 0.3 is 0 Å². The van der Waals surface area contributed by atoms with Crippen LogP contribution in [0.4, 0.5) is 0 Å². The second kappa shape index (κ2) is 13.5. The van der Waals surface area contributed by atoms with Crippen LogP contribution in [0.3, 0.4) is 0 Å². The van der Waals surface area contributed by atoms with E-state index in [4.69, 9.17) is 0 Å². The van der Waals surface area contributed by atoms with E-state index >= 15 is 0 Å². The first-order valence-electron chi connectivity index (χ1n) is 19.7. The Morgan fingerprint density at radius 2 is 0.719 bits per heavy atom. The van der Waals surface area contributed by atoms with Gasteiger partial charge in [0.15, 0.2) is 8.07 Å². The molecule has 3 heteroatoms. The molecule has 2 heterocycles. The van der Waals surface area contributed by atoms with Crippen molar-refractivity contribution in [2.45, 2.75) is 0 Å². The summed E-state index contributed by atoms with van der Waals surface area (Å²) in [5.41, 5.74) is 9.54. The van der Waals surface area contributed by atoms with Crippen molar-refractivity contribution in [1.82, 2.24) is 9.13 Å². The SMILES string of the molecule is c1ccc(-n2c3ccccc3c3c2c(-c2cccc([Si](c4ccccc4)(c4ccccc4)c4ccccc4)c2)cc2c4ccccc4n(-c4ccccc4)c23)cc1. The summed E-state index contributed by atoms with van der Waals surface area (Å²) >= 11 is 0. The van der Waals surface area contributed by atoms with Crippen LogP contribution in [0.2, 0.25) is 0 Å². The molecule has 0 aliphatic rings. The Balaban J connectivity index is 1.32. The van der Waals surface area contributed by atoms with Crippen LogP contribution in [0.25, 0.3) is 66.1 Å². The second-order valence-corrected chi connectivity index (χ2v) is 18.7. The van der Waals surface area contributed by atoms with Crippen LogP contribution in [0.15, 0.2) is 231 Å². The molecule has 0 radical (unpaired) electrons. The fraction of sp³-hybridized carbons (Fsp3) is 0. The molecule has 268 valence electrons. The van der Waals surface area contributed by atoms with E-state index in [1.54, 1.807) is 0 Å². The maximum atomic E-state index is 2.52. The lowest BCUT2D eigenvalue weighted by atomic mass is 9.98. The maximum absolute atomic E-state index is 2.79. The number of rotatable bonds is 7. The molecule has 9 aromatic carbocycles. The standard InChI is InChI=1S/C54H38N2Si/c1-6-22-40(23-7-1)55-50-35-18-16-33-46(50)49-38-48(53-52(54(49)55)47-34-17-19-36-51(47)56(53)41-24-8-2-9-25-41)39-21-20-32-45(37-39)57(42-26-10-3-11-27-42,43-28-12-4-13-29-43)44-30-14-5-15-31-44/h1-38H. The van der Waals surface area contributed by atoms with E-state index in [2.05, 4.69) is 240 Å². The number of benzene rings is 9. The second-order valence-electron chi connectivity index (χ2n) is 14.8. The smallest absolute Gasteiger partial charge is 0.179 e. The maximum Gasteiger partial charge on any atom is 0.179 e. The van der Waals surface area contributed by atoms with Gasteiger partial charge in [0.05, 0.1) is 22.1 Å². The number of fused-ring (bicyclic) bond motifs is 7.